The molecule has 3 heterocycles. The average molecular weight is 498 g/mol. The monoisotopic (exact) mass is 497 g/mol. The van der Waals surface area contributed by atoms with Crippen molar-refractivity contribution in [1.82, 2.24) is 9.29 Å². The van der Waals surface area contributed by atoms with E-state index < -0.39 is 15.9 Å². The summed E-state index contributed by atoms with van der Waals surface area (Å²) in [6.45, 7) is 0.508. The van der Waals surface area contributed by atoms with Crippen molar-refractivity contribution in [2.75, 3.05) is 25.5 Å². The van der Waals surface area contributed by atoms with Gasteiger partial charge in [0, 0.05) is 23.9 Å². The number of sulfonamides is 1. The van der Waals surface area contributed by atoms with Crippen LogP contribution < -0.4 is 10.1 Å². The number of ether oxygens (including phenoxy) is 1. The number of nitrogens with zero attached hydrogens (tertiary/aromatic N) is 2. The number of furan rings is 1. The summed E-state index contributed by atoms with van der Waals surface area (Å²) in [7, 11) is -2.17. The molecule has 8 nitrogen and oxygen atoms in total. The molecule has 1 amide bonds. The lowest BCUT2D eigenvalue weighted by molar-refractivity contribution is -0.120. The number of nitrogens with one attached hydrogen (secondary N) is 1. The fourth-order valence-corrected chi connectivity index (χ4v) is 6.26. The Morgan fingerprint density at radius 1 is 1.21 bits per heavy atom. The number of rotatable bonds is 6. The lowest BCUT2D eigenvalue weighted by atomic mass is 9.99. The van der Waals surface area contributed by atoms with Crippen LogP contribution in [-0.4, -0.2) is 43.8 Å². The van der Waals surface area contributed by atoms with Gasteiger partial charge >= 0.3 is 0 Å². The van der Waals surface area contributed by atoms with Crippen molar-refractivity contribution in [2.24, 2.45) is 5.92 Å². The Kier molecular flexibility index (Phi) is 6.11. The van der Waals surface area contributed by atoms with Crippen molar-refractivity contribution in [2.45, 2.75) is 17.7 Å². The summed E-state index contributed by atoms with van der Waals surface area (Å²) < 4.78 is 38.5. The Labute approximate surface area is 201 Å². The quantitative estimate of drug-likeness (QED) is 0.418. The van der Waals surface area contributed by atoms with Crippen molar-refractivity contribution in [1.29, 1.82) is 0 Å². The predicted molar refractivity (Wildman–Crippen MR) is 130 cm³/mol. The molecule has 1 saturated heterocycles. The van der Waals surface area contributed by atoms with Crippen LogP contribution in [0, 0.1) is 5.92 Å². The molecule has 4 aromatic rings. The molecule has 1 unspecified atom stereocenters. The van der Waals surface area contributed by atoms with Gasteiger partial charge in [-0.1, -0.05) is 18.2 Å². The second-order valence-electron chi connectivity index (χ2n) is 8.05. The molecule has 1 atom stereocenters. The topological polar surface area (TPSA) is 102 Å². The molecular weight excluding hydrogens is 474 g/mol. The van der Waals surface area contributed by atoms with Crippen molar-refractivity contribution in [3.05, 3.63) is 60.0 Å². The van der Waals surface area contributed by atoms with E-state index in [4.69, 9.17) is 9.15 Å². The molecule has 10 heteroatoms. The summed E-state index contributed by atoms with van der Waals surface area (Å²) in [6, 6.07) is 15.9. The lowest BCUT2D eigenvalue weighted by Crippen LogP contribution is -2.43. The number of hydrogen-bond donors (Lipinski definition) is 1. The summed E-state index contributed by atoms with van der Waals surface area (Å²) >= 11 is 1.31. The molecule has 2 aromatic carbocycles. The fraction of sp³-hybridized carbons (Fsp3) is 0.250. The van der Waals surface area contributed by atoms with E-state index in [2.05, 4.69) is 10.3 Å². The minimum atomic E-state index is -3.70. The highest BCUT2D eigenvalue weighted by molar-refractivity contribution is 7.89. The van der Waals surface area contributed by atoms with Gasteiger partial charge in [-0.25, -0.2) is 13.4 Å². The fourth-order valence-electron chi connectivity index (χ4n) is 4.03. The van der Waals surface area contributed by atoms with Gasteiger partial charge in [-0.15, -0.1) is 11.3 Å². The van der Waals surface area contributed by atoms with Crippen LogP contribution in [0.15, 0.2) is 69.3 Å². The van der Waals surface area contributed by atoms with Gasteiger partial charge in [0.2, 0.25) is 15.9 Å². The summed E-state index contributed by atoms with van der Waals surface area (Å²) in [4.78, 5) is 17.6. The highest BCUT2D eigenvalue weighted by atomic mass is 32.2. The average Bonchev–Trinajstić information content (AvgIpc) is 3.51. The Morgan fingerprint density at radius 2 is 2.00 bits per heavy atom. The number of aromatic nitrogens is 1. The first kappa shape index (κ1) is 22.6. The summed E-state index contributed by atoms with van der Waals surface area (Å²) in [5.74, 6) is 0.521. The molecule has 0 spiro atoms. The first-order valence-corrected chi connectivity index (χ1v) is 13.2. The van der Waals surface area contributed by atoms with Crippen LogP contribution in [0.1, 0.15) is 12.8 Å². The second-order valence-corrected chi connectivity index (χ2v) is 10.8. The number of thiazole rings is 1. The molecule has 1 aliphatic heterocycles. The maximum atomic E-state index is 13.1. The zero-order valence-electron chi connectivity index (χ0n) is 18.4. The molecule has 176 valence electrons. The molecule has 0 radical (unpaired) electrons. The largest absolute Gasteiger partial charge is 0.497 e. The maximum absolute atomic E-state index is 13.1. The number of methoxy groups -OCH3 is 1. The molecule has 1 fully saturated rings. The van der Waals surface area contributed by atoms with Gasteiger partial charge in [0.05, 0.1) is 17.9 Å². The van der Waals surface area contributed by atoms with Crippen LogP contribution in [0.25, 0.3) is 22.4 Å². The standard InChI is InChI=1S/C24H23N3O5S2/c1-31-18-8-10-19(11-9-18)34(29,30)27-12-4-6-17(14-27)23(28)26-24-25-20(15-33-24)22-13-16-5-2-3-7-21(16)32-22/h2-3,5,7-11,13,15,17H,4,6,12,14H2,1H3,(H,25,26,28). The SMILES string of the molecule is COc1ccc(S(=O)(=O)N2CCCC(C(=O)Nc3nc(-c4cc5ccccc5o4)cs3)C2)cc1. The first-order chi connectivity index (χ1) is 16.4. The van der Waals surface area contributed by atoms with E-state index in [0.717, 1.165) is 11.0 Å². The van der Waals surface area contributed by atoms with Gasteiger partial charge in [-0.05, 0) is 49.2 Å². The van der Waals surface area contributed by atoms with E-state index in [0.29, 0.717) is 41.7 Å². The van der Waals surface area contributed by atoms with Crippen molar-refractivity contribution >= 4 is 43.4 Å². The Morgan fingerprint density at radius 3 is 2.76 bits per heavy atom. The van der Waals surface area contributed by atoms with Crippen LogP contribution in [0.2, 0.25) is 0 Å². The molecule has 1 N–H and O–H groups in total. The Bertz CT molecular complexity index is 1390. The summed E-state index contributed by atoms with van der Waals surface area (Å²) in [5.41, 5.74) is 1.42. The van der Waals surface area contributed by atoms with Gasteiger partial charge in [-0.3, -0.25) is 4.79 Å². The van der Waals surface area contributed by atoms with Gasteiger partial charge in [0.25, 0.3) is 0 Å². The van der Waals surface area contributed by atoms with Crippen LogP contribution in [0.4, 0.5) is 5.13 Å². The minimum absolute atomic E-state index is 0.127. The zero-order valence-corrected chi connectivity index (χ0v) is 20.1. The summed E-state index contributed by atoms with van der Waals surface area (Å²) in [6.07, 6.45) is 1.22. The van der Waals surface area contributed by atoms with E-state index in [1.165, 1.54) is 34.9 Å². The molecule has 2 aromatic heterocycles. The highest BCUT2D eigenvalue weighted by Gasteiger charge is 2.33. The highest BCUT2D eigenvalue weighted by Crippen LogP contribution is 2.31. The molecule has 5 rings (SSSR count). The van der Waals surface area contributed by atoms with Crippen LogP contribution in [0.3, 0.4) is 0 Å². The van der Waals surface area contributed by atoms with E-state index in [1.54, 1.807) is 12.1 Å². The van der Waals surface area contributed by atoms with E-state index in [-0.39, 0.29) is 17.3 Å². The number of carbonyl (C=O) groups excluding carboxylic acids is 1. The van der Waals surface area contributed by atoms with Crippen LogP contribution in [0.5, 0.6) is 5.75 Å². The smallest absolute Gasteiger partial charge is 0.243 e. The predicted octanol–water partition coefficient (Wildman–Crippen LogP) is 4.60. The van der Waals surface area contributed by atoms with Crippen molar-refractivity contribution < 1.29 is 22.4 Å². The number of anilines is 1. The maximum Gasteiger partial charge on any atom is 0.243 e. The third-order valence-corrected chi connectivity index (χ3v) is 8.50. The van der Waals surface area contributed by atoms with E-state index in [9.17, 15) is 13.2 Å². The third kappa shape index (κ3) is 4.44. The molecule has 1 aliphatic rings. The number of hydrogen-bond acceptors (Lipinski definition) is 7. The Balaban J connectivity index is 1.27. The van der Waals surface area contributed by atoms with Crippen molar-refractivity contribution in [3.8, 4) is 17.2 Å². The van der Waals surface area contributed by atoms with Gasteiger partial charge in [0.1, 0.15) is 17.0 Å². The number of para-hydroxylation sites is 1. The van der Waals surface area contributed by atoms with Gasteiger partial charge in [-0.2, -0.15) is 4.31 Å². The molecular formula is C24H23N3O5S2. The lowest BCUT2D eigenvalue weighted by Gasteiger charge is -2.31. The van der Waals surface area contributed by atoms with E-state index in [1.807, 2.05) is 35.7 Å². The number of benzene rings is 2. The first-order valence-electron chi connectivity index (χ1n) is 10.8. The van der Waals surface area contributed by atoms with Gasteiger partial charge < -0.3 is 14.5 Å². The number of carbonyl (C=O) groups is 1. The van der Waals surface area contributed by atoms with E-state index >= 15 is 0 Å². The normalized spacial score (nSPS) is 17.0. The van der Waals surface area contributed by atoms with Crippen LogP contribution >= 0.6 is 11.3 Å². The molecule has 0 bridgehead atoms. The third-order valence-electron chi connectivity index (χ3n) is 5.86. The Hall–Kier alpha value is -3.21. The van der Waals surface area contributed by atoms with Crippen molar-refractivity contribution in [3.63, 3.8) is 0 Å². The van der Waals surface area contributed by atoms with Gasteiger partial charge in [0.15, 0.2) is 10.9 Å². The number of amides is 1. The molecule has 34 heavy (non-hydrogen) atoms. The summed E-state index contributed by atoms with van der Waals surface area (Å²) in [5, 5.41) is 6.12. The minimum Gasteiger partial charge on any atom is -0.497 e. The van der Waals surface area contributed by atoms with Crippen LogP contribution in [-0.2, 0) is 14.8 Å². The molecule has 0 saturated carbocycles. The number of fused-ring (bicyclic) bond motifs is 1. The molecule has 0 aliphatic carbocycles. The zero-order chi connectivity index (χ0) is 23.7. The number of piperidine rings is 1. The second kappa shape index (κ2) is 9.21.